The van der Waals surface area contributed by atoms with E-state index < -0.39 is 0 Å². The Bertz CT molecular complexity index is 1030. The number of oxazole rings is 1. The zero-order valence-corrected chi connectivity index (χ0v) is 13.9. The molecule has 0 aliphatic rings. The molecule has 2 aromatic heterocycles. The van der Waals surface area contributed by atoms with Gasteiger partial charge >= 0.3 is 0 Å². The Kier molecular flexibility index (Phi) is 3.57. The van der Waals surface area contributed by atoms with Gasteiger partial charge < -0.3 is 9.73 Å². The maximum Gasteiger partial charge on any atom is 0.276 e. The minimum Gasteiger partial charge on any atom is -0.436 e. The summed E-state index contributed by atoms with van der Waals surface area (Å²) in [5.41, 5.74) is 4.30. The van der Waals surface area contributed by atoms with Gasteiger partial charge in [0.2, 0.25) is 5.89 Å². The van der Waals surface area contributed by atoms with Gasteiger partial charge in [-0.2, -0.15) is 5.10 Å². The number of anilines is 1. The molecule has 0 spiro atoms. The second kappa shape index (κ2) is 5.90. The summed E-state index contributed by atoms with van der Waals surface area (Å²) in [5.74, 6) is 0.268. The summed E-state index contributed by atoms with van der Waals surface area (Å²) in [5, 5.41) is 7.05. The topological polar surface area (TPSA) is 73.0 Å². The number of nitrogens with one attached hydrogen (secondary N) is 1. The average molecular weight is 332 g/mol. The highest BCUT2D eigenvalue weighted by Gasteiger charge is 2.13. The van der Waals surface area contributed by atoms with Crippen molar-refractivity contribution in [1.29, 1.82) is 0 Å². The van der Waals surface area contributed by atoms with Gasteiger partial charge in [-0.25, -0.2) is 4.98 Å². The van der Waals surface area contributed by atoms with E-state index in [1.165, 1.54) is 0 Å². The lowest BCUT2D eigenvalue weighted by molar-refractivity contribution is 0.102. The first kappa shape index (κ1) is 15.1. The molecular weight excluding hydrogens is 316 g/mol. The van der Waals surface area contributed by atoms with E-state index in [0.717, 1.165) is 22.4 Å². The van der Waals surface area contributed by atoms with Gasteiger partial charge in [0, 0.05) is 24.0 Å². The minimum atomic E-state index is -0.251. The minimum absolute atomic E-state index is 0.251. The van der Waals surface area contributed by atoms with E-state index in [4.69, 9.17) is 4.42 Å². The molecule has 2 aromatic carbocycles. The van der Waals surface area contributed by atoms with Crippen LogP contribution in [-0.4, -0.2) is 20.7 Å². The maximum atomic E-state index is 12.3. The molecule has 2 heterocycles. The van der Waals surface area contributed by atoms with Gasteiger partial charge in [-0.15, -0.1) is 0 Å². The molecule has 0 aliphatic carbocycles. The van der Waals surface area contributed by atoms with Crippen LogP contribution in [0.2, 0.25) is 0 Å². The van der Waals surface area contributed by atoms with Gasteiger partial charge in [-0.1, -0.05) is 18.2 Å². The van der Waals surface area contributed by atoms with Crippen LogP contribution >= 0.6 is 0 Å². The van der Waals surface area contributed by atoms with Crippen LogP contribution in [0.15, 0.2) is 59.0 Å². The van der Waals surface area contributed by atoms with Crippen LogP contribution in [0, 0.1) is 6.92 Å². The SMILES string of the molecule is Cc1cc(C(=O)Nc2cccc(-c3nc4ccccc4o3)c2)nn1C. The fourth-order valence-corrected chi connectivity index (χ4v) is 2.59. The molecule has 124 valence electrons. The molecule has 4 rings (SSSR count). The maximum absolute atomic E-state index is 12.3. The predicted octanol–water partition coefficient (Wildman–Crippen LogP) is 3.79. The van der Waals surface area contributed by atoms with Gasteiger partial charge in [0.1, 0.15) is 5.52 Å². The third kappa shape index (κ3) is 2.89. The zero-order valence-electron chi connectivity index (χ0n) is 13.9. The molecule has 4 aromatic rings. The van der Waals surface area contributed by atoms with Crippen LogP contribution in [0.5, 0.6) is 0 Å². The number of hydrogen-bond donors (Lipinski definition) is 1. The van der Waals surface area contributed by atoms with E-state index >= 15 is 0 Å². The predicted molar refractivity (Wildman–Crippen MR) is 95.3 cm³/mol. The van der Waals surface area contributed by atoms with Crippen LogP contribution < -0.4 is 5.32 Å². The van der Waals surface area contributed by atoms with Gasteiger partial charge in [0.05, 0.1) is 0 Å². The van der Waals surface area contributed by atoms with Crippen LogP contribution in [-0.2, 0) is 7.05 Å². The zero-order chi connectivity index (χ0) is 17.4. The first-order chi connectivity index (χ1) is 12.1. The lowest BCUT2D eigenvalue weighted by atomic mass is 10.2. The van der Waals surface area contributed by atoms with Crippen molar-refractivity contribution in [2.45, 2.75) is 6.92 Å². The van der Waals surface area contributed by atoms with E-state index in [1.54, 1.807) is 17.8 Å². The fraction of sp³-hybridized carbons (Fsp3) is 0.105. The summed E-state index contributed by atoms with van der Waals surface area (Å²) < 4.78 is 7.45. The summed E-state index contributed by atoms with van der Waals surface area (Å²) >= 11 is 0. The Morgan fingerprint density at radius 3 is 2.72 bits per heavy atom. The molecule has 0 saturated carbocycles. The Labute approximate surface area is 144 Å². The molecule has 25 heavy (non-hydrogen) atoms. The molecule has 1 amide bonds. The lowest BCUT2D eigenvalue weighted by Crippen LogP contribution is -2.13. The molecule has 0 fully saturated rings. The molecule has 0 saturated heterocycles. The largest absolute Gasteiger partial charge is 0.436 e. The summed E-state index contributed by atoms with van der Waals surface area (Å²) in [6.45, 7) is 1.90. The van der Waals surface area contributed by atoms with Crippen molar-refractivity contribution >= 4 is 22.7 Å². The number of aromatic nitrogens is 3. The van der Waals surface area contributed by atoms with Crippen LogP contribution in [0.1, 0.15) is 16.2 Å². The van der Waals surface area contributed by atoms with Crippen molar-refractivity contribution in [2.75, 3.05) is 5.32 Å². The summed E-state index contributed by atoms with van der Waals surface area (Å²) in [4.78, 5) is 16.8. The summed E-state index contributed by atoms with van der Waals surface area (Å²) in [6, 6.07) is 16.7. The Balaban J connectivity index is 1.61. The number of rotatable bonds is 3. The Hall–Kier alpha value is -3.41. The lowest BCUT2D eigenvalue weighted by Gasteiger charge is -2.04. The van der Waals surface area contributed by atoms with Crippen molar-refractivity contribution in [1.82, 2.24) is 14.8 Å². The van der Waals surface area contributed by atoms with Gasteiger partial charge in [-0.3, -0.25) is 9.48 Å². The van der Waals surface area contributed by atoms with Gasteiger partial charge in [0.25, 0.3) is 5.91 Å². The highest BCUT2D eigenvalue weighted by atomic mass is 16.3. The van der Waals surface area contributed by atoms with E-state index in [9.17, 15) is 4.79 Å². The third-order valence-corrected chi connectivity index (χ3v) is 4.01. The quantitative estimate of drug-likeness (QED) is 0.619. The first-order valence-electron chi connectivity index (χ1n) is 7.88. The van der Waals surface area contributed by atoms with Crippen molar-refractivity contribution in [3.63, 3.8) is 0 Å². The van der Waals surface area contributed by atoms with Crippen LogP contribution in [0.3, 0.4) is 0 Å². The van der Waals surface area contributed by atoms with E-state index in [2.05, 4.69) is 15.4 Å². The molecule has 0 atom stereocenters. The molecule has 0 bridgehead atoms. The number of fused-ring (bicyclic) bond motifs is 1. The highest BCUT2D eigenvalue weighted by molar-refractivity contribution is 6.03. The number of para-hydroxylation sites is 2. The number of aryl methyl sites for hydroxylation is 2. The summed E-state index contributed by atoms with van der Waals surface area (Å²) in [6.07, 6.45) is 0. The van der Waals surface area contributed by atoms with Crippen molar-refractivity contribution in [3.8, 4) is 11.5 Å². The Morgan fingerprint density at radius 1 is 1.12 bits per heavy atom. The van der Waals surface area contributed by atoms with Gasteiger partial charge in [0.15, 0.2) is 11.3 Å². The number of carbonyl (C=O) groups is 1. The molecule has 0 radical (unpaired) electrons. The third-order valence-electron chi connectivity index (χ3n) is 4.01. The van der Waals surface area contributed by atoms with E-state index in [1.807, 2.05) is 55.5 Å². The molecular formula is C19H16N4O2. The van der Waals surface area contributed by atoms with Crippen LogP contribution in [0.4, 0.5) is 5.69 Å². The fourth-order valence-electron chi connectivity index (χ4n) is 2.59. The second-order valence-corrected chi connectivity index (χ2v) is 5.82. The van der Waals surface area contributed by atoms with E-state index in [0.29, 0.717) is 17.3 Å². The Morgan fingerprint density at radius 2 is 1.96 bits per heavy atom. The standard InChI is InChI=1S/C19H16N4O2/c1-12-10-16(22-23(12)2)18(24)20-14-7-5-6-13(11-14)19-21-15-8-3-4-9-17(15)25-19/h3-11H,1-2H3,(H,20,24). The number of amides is 1. The molecule has 0 aliphatic heterocycles. The number of nitrogens with zero attached hydrogens (tertiary/aromatic N) is 3. The highest BCUT2D eigenvalue weighted by Crippen LogP contribution is 2.26. The molecule has 0 unspecified atom stereocenters. The van der Waals surface area contributed by atoms with Crippen molar-refractivity contribution in [2.24, 2.45) is 7.05 Å². The second-order valence-electron chi connectivity index (χ2n) is 5.82. The smallest absolute Gasteiger partial charge is 0.276 e. The number of benzene rings is 2. The summed E-state index contributed by atoms with van der Waals surface area (Å²) in [7, 11) is 1.81. The van der Waals surface area contributed by atoms with Gasteiger partial charge in [-0.05, 0) is 43.3 Å². The normalized spacial score (nSPS) is 11.0. The van der Waals surface area contributed by atoms with Crippen molar-refractivity contribution < 1.29 is 9.21 Å². The van der Waals surface area contributed by atoms with E-state index in [-0.39, 0.29) is 5.91 Å². The molecule has 1 N–H and O–H groups in total. The molecule has 6 heteroatoms. The number of carbonyl (C=O) groups excluding carboxylic acids is 1. The van der Waals surface area contributed by atoms with Crippen LogP contribution in [0.25, 0.3) is 22.6 Å². The molecule has 6 nitrogen and oxygen atoms in total. The first-order valence-corrected chi connectivity index (χ1v) is 7.88. The monoisotopic (exact) mass is 332 g/mol. The number of hydrogen-bond acceptors (Lipinski definition) is 4. The average Bonchev–Trinajstić information content (AvgIpc) is 3.19. The van der Waals surface area contributed by atoms with Crippen molar-refractivity contribution in [3.05, 3.63) is 66.0 Å².